The van der Waals surface area contributed by atoms with Crippen molar-refractivity contribution in [3.63, 3.8) is 0 Å². The maximum absolute atomic E-state index is 2.22. The van der Waals surface area contributed by atoms with Crippen LogP contribution < -0.4 is 0 Å². The summed E-state index contributed by atoms with van der Waals surface area (Å²) >= 11 is 0. The van der Waals surface area contributed by atoms with Crippen molar-refractivity contribution in [3.05, 3.63) is 361 Å². The van der Waals surface area contributed by atoms with Crippen LogP contribution in [-0.2, 0) is 6.42 Å². The molecule has 0 atom stereocenters. The second-order valence-corrected chi connectivity index (χ2v) is 18.3. The predicted molar refractivity (Wildman–Crippen MR) is 374 cm³/mol. The van der Waals surface area contributed by atoms with Crippen molar-refractivity contribution in [1.82, 2.24) is 0 Å². The summed E-state index contributed by atoms with van der Waals surface area (Å²) < 4.78 is 0. The van der Waals surface area contributed by atoms with Gasteiger partial charge in [0.2, 0.25) is 0 Å². The fourth-order valence-electron chi connectivity index (χ4n) is 8.44. The lowest BCUT2D eigenvalue weighted by molar-refractivity contribution is 1.26. The van der Waals surface area contributed by atoms with E-state index in [9.17, 15) is 0 Å². The van der Waals surface area contributed by atoms with Gasteiger partial charge in [0, 0.05) is 0 Å². The van der Waals surface area contributed by atoms with Crippen molar-refractivity contribution >= 4 is 43.1 Å². The number of rotatable bonds is 0. The van der Waals surface area contributed by atoms with Crippen LogP contribution in [0.25, 0.3) is 54.2 Å². The first-order valence-corrected chi connectivity index (χ1v) is 29.9. The van der Waals surface area contributed by atoms with E-state index in [1.807, 2.05) is 128 Å². The number of fused-ring (bicyclic) bond motifs is 8. The fourth-order valence-corrected chi connectivity index (χ4v) is 8.44. The summed E-state index contributed by atoms with van der Waals surface area (Å²) in [5.74, 6) is 0. The summed E-state index contributed by atoms with van der Waals surface area (Å²) in [6, 6.07) is 113. The second kappa shape index (κ2) is 42.7. The van der Waals surface area contributed by atoms with Crippen molar-refractivity contribution in [3.8, 4) is 11.1 Å². The highest BCUT2D eigenvalue weighted by Gasteiger charge is 2.15. The van der Waals surface area contributed by atoms with E-state index in [-0.39, 0.29) is 0 Å². The minimum atomic E-state index is 1.10. The normalized spacial score (nSPS) is 9.40. The molecule has 0 amide bonds. The van der Waals surface area contributed by atoms with E-state index >= 15 is 0 Å². The van der Waals surface area contributed by atoms with Crippen molar-refractivity contribution in [2.45, 2.75) is 89.5 Å². The summed E-state index contributed by atoms with van der Waals surface area (Å²) in [6.45, 7) is 24.3. The van der Waals surface area contributed by atoms with Crippen molar-refractivity contribution in [2.75, 3.05) is 0 Å². The van der Waals surface area contributed by atoms with Crippen molar-refractivity contribution < 1.29 is 0 Å². The topological polar surface area (TPSA) is 0 Å². The zero-order valence-corrected chi connectivity index (χ0v) is 51.9. The minimum absolute atomic E-state index is 1.10. The highest BCUT2D eigenvalue weighted by molar-refractivity contribution is 6.07. The Labute approximate surface area is 501 Å². The molecule has 13 aromatic rings. The van der Waals surface area contributed by atoms with E-state index in [4.69, 9.17) is 0 Å². The lowest BCUT2D eigenvalue weighted by Gasteiger charge is -2.02. The Balaban J connectivity index is 0.000000248. The monoisotopic (exact) mass is 1090 g/mol. The van der Waals surface area contributed by atoms with Gasteiger partial charge in [-0.1, -0.05) is 405 Å². The SMILES string of the molecule is CC.CC.CC.CC.Cc1ccccc1.Cc1ccccc1.Cc1ccccc1.Cc1ccccc1.c1ccc2c(c1)Cc1ccccc1-2.c1ccc2c(c1)ccc1ccccc12.c1ccc2ccccc2c1.c1ccc2ccccc2c1. The molecule has 1 aliphatic rings. The van der Waals surface area contributed by atoms with Gasteiger partial charge in [0.15, 0.2) is 0 Å². The molecule has 0 aliphatic heterocycles. The maximum Gasteiger partial charge on any atom is -0.00135 e. The van der Waals surface area contributed by atoms with Crippen LogP contribution in [0.3, 0.4) is 0 Å². The van der Waals surface area contributed by atoms with Crippen LogP contribution in [0.1, 0.15) is 88.8 Å². The predicted octanol–water partition coefficient (Wildman–Crippen LogP) is 25.0. The molecule has 0 radical (unpaired) electrons. The van der Waals surface area contributed by atoms with Crippen molar-refractivity contribution in [2.24, 2.45) is 0 Å². The molecule has 0 fully saturated rings. The molecule has 424 valence electrons. The summed E-state index contributed by atoms with van der Waals surface area (Å²) in [7, 11) is 0. The Bertz CT molecular complexity index is 3200. The van der Waals surface area contributed by atoms with Gasteiger partial charge in [-0.2, -0.15) is 0 Å². The number of hydrogen-bond donors (Lipinski definition) is 0. The average molecular weight is 1090 g/mol. The summed E-state index contributed by atoms with van der Waals surface area (Å²) in [4.78, 5) is 0. The summed E-state index contributed by atoms with van der Waals surface area (Å²) in [5, 5.41) is 10.5. The Kier molecular flexibility index (Phi) is 35.1. The first-order chi connectivity index (χ1) is 40.9. The van der Waals surface area contributed by atoms with Crippen LogP contribution in [0.15, 0.2) is 328 Å². The first kappa shape index (κ1) is 68.2. The highest BCUT2D eigenvalue weighted by Crippen LogP contribution is 2.35. The minimum Gasteiger partial charge on any atom is -0.0683 e. The molecule has 0 spiro atoms. The highest BCUT2D eigenvalue weighted by atomic mass is 14.2. The number of hydrogen-bond acceptors (Lipinski definition) is 0. The molecule has 0 heterocycles. The molecule has 1 aliphatic carbocycles. The third-order valence-electron chi connectivity index (χ3n) is 12.4. The Morgan fingerprint density at radius 3 is 0.566 bits per heavy atom. The van der Waals surface area contributed by atoms with E-state index in [0.717, 1.165) is 6.42 Å². The Hall–Kier alpha value is -9.10. The third kappa shape index (κ3) is 25.5. The molecule has 13 aromatic carbocycles. The van der Waals surface area contributed by atoms with Crippen LogP contribution in [0.2, 0.25) is 0 Å². The van der Waals surface area contributed by atoms with E-state index < -0.39 is 0 Å². The number of aryl methyl sites for hydroxylation is 4. The van der Waals surface area contributed by atoms with Gasteiger partial charge >= 0.3 is 0 Å². The van der Waals surface area contributed by atoms with Gasteiger partial charge in [-0.25, -0.2) is 0 Å². The summed E-state index contributed by atoms with van der Waals surface area (Å²) in [6.07, 6.45) is 1.10. The molecule has 14 rings (SSSR count). The molecule has 0 saturated heterocycles. The lowest BCUT2D eigenvalue weighted by Crippen LogP contribution is -1.77. The Morgan fingerprint density at radius 1 is 0.169 bits per heavy atom. The molecule has 0 N–H and O–H groups in total. The van der Waals surface area contributed by atoms with Gasteiger partial charge in [0.1, 0.15) is 0 Å². The smallest absolute Gasteiger partial charge is 0.00135 e. The van der Waals surface area contributed by atoms with Crippen LogP contribution in [0, 0.1) is 27.7 Å². The molecule has 83 heavy (non-hydrogen) atoms. The van der Waals surface area contributed by atoms with Gasteiger partial charge in [-0.3, -0.25) is 0 Å². The molecule has 0 bridgehead atoms. The van der Waals surface area contributed by atoms with Crippen LogP contribution in [0.5, 0.6) is 0 Å². The van der Waals surface area contributed by atoms with Gasteiger partial charge < -0.3 is 0 Å². The van der Waals surface area contributed by atoms with Gasteiger partial charge in [-0.05, 0) is 99.5 Å². The molecule has 0 unspecified atom stereocenters. The molecule has 0 aromatic heterocycles. The largest absolute Gasteiger partial charge is 0.0683 e. The second-order valence-electron chi connectivity index (χ2n) is 18.3. The molecule has 0 saturated carbocycles. The molecular weight excluding hydrogens is 997 g/mol. The van der Waals surface area contributed by atoms with Gasteiger partial charge in [0.05, 0.1) is 0 Å². The van der Waals surface area contributed by atoms with E-state index in [0.29, 0.717) is 0 Å². The van der Waals surface area contributed by atoms with Gasteiger partial charge in [-0.15, -0.1) is 0 Å². The Morgan fingerprint density at radius 2 is 0.349 bits per heavy atom. The summed E-state index contributed by atoms with van der Waals surface area (Å²) in [5.41, 5.74) is 11.0. The fraction of sp³-hybridized carbons (Fsp3) is 0.157. The van der Waals surface area contributed by atoms with Crippen LogP contribution in [0.4, 0.5) is 0 Å². The molecule has 0 heteroatoms. The maximum atomic E-state index is 2.22. The zero-order chi connectivity index (χ0) is 60.1. The zero-order valence-electron chi connectivity index (χ0n) is 51.9. The lowest BCUT2D eigenvalue weighted by atomic mass is 10.0. The van der Waals surface area contributed by atoms with Crippen LogP contribution in [-0.4, -0.2) is 0 Å². The quantitative estimate of drug-likeness (QED) is 0.133. The molecule has 0 nitrogen and oxygen atoms in total. The molecular formula is C83H92. The average Bonchev–Trinajstić information content (AvgIpc) is 4.15. The van der Waals surface area contributed by atoms with Gasteiger partial charge in [0.25, 0.3) is 0 Å². The standard InChI is InChI=1S/C14H10.C13H10.2C10H8.4C7H8.4C2H6/c1-3-7-13-11(5-1)9-10-12-6-2-4-8-14(12)13;1-3-7-12-10(5-1)9-11-6-2-4-8-13(11)12;2*1-2-6-10-8-4-3-7-9(10)5-1;4*1-7-5-3-2-4-6-7;4*1-2/h1-10H;1-8H,9H2;2*1-8H;4*2-6H,1H3;4*1-2H3. The van der Waals surface area contributed by atoms with E-state index in [1.54, 1.807) is 0 Å². The van der Waals surface area contributed by atoms with Crippen LogP contribution >= 0.6 is 0 Å². The van der Waals surface area contributed by atoms with E-state index in [2.05, 4.69) is 282 Å². The third-order valence-corrected chi connectivity index (χ3v) is 12.4. The van der Waals surface area contributed by atoms with Crippen molar-refractivity contribution in [1.29, 1.82) is 0 Å². The first-order valence-electron chi connectivity index (χ1n) is 29.9. The number of benzene rings is 13. The van der Waals surface area contributed by atoms with E-state index in [1.165, 1.54) is 87.6 Å².